The number of aromatic hydroxyl groups is 1. The zero-order valence-electron chi connectivity index (χ0n) is 8.25. The van der Waals surface area contributed by atoms with Crippen molar-refractivity contribution in [3.8, 4) is 5.75 Å². The van der Waals surface area contributed by atoms with E-state index in [9.17, 15) is 4.79 Å². The summed E-state index contributed by atoms with van der Waals surface area (Å²) in [6, 6.07) is 4.93. The second kappa shape index (κ2) is 4.77. The van der Waals surface area contributed by atoms with Crippen molar-refractivity contribution in [3.05, 3.63) is 29.8 Å². The van der Waals surface area contributed by atoms with Crippen molar-refractivity contribution in [2.45, 2.75) is 12.1 Å². The minimum Gasteiger partial charge on any atom is -0.508 e. The molecule has 82 valence electrons. The standard InChI is InChI=1S/C10H13NO4/c1-15-9(8(11)10(13)14)6-2-4-7(12)5-3-6/h2-5,8-9,12H,11H2,1H3,(H,13,14)/t8-,9?/m1/s1. The van der Waals surface area contributed by atoms with Gasteiger partial charge in [-0.15, -0.1) is 0 Å². The zero-order valence-corrected chi connectivity index (χ0v) is 8.25. The van der Waals surface area contributed by atoms with Gasteiger partial charge in [-0.2, -0.15) is 0 Å². The van der Waals surface area contributed by atoms with Crippen LogP contribution in [0.25, 0.3) is 0 Å². The number of carboxylic acids is 1. The van der Waals surface area contributed by atoms with Gasteiger partial charge in [0.1, 0.15) is 17.9 Å². The highest BCUT2D eigenvalue weighted by Crippen LogP contribution is 2.21. The Morgan fingerprint density at radius 2 is 1.93 bits per heavy atom. The molecule has 2 atom stereocenters. The first-order chi connectivity index (χ1) is 7.06. The predicted octanol–water partition coefficient (Wildman–Crippen LogP) is 0.492. The molecule has 1 rings (SSSR count). The number of rotatable bonds is 4. The molecule has 0 aliphatic carbocycles. The number of phenolic OH excluding ortho intramolecular Hbond substituents is 1. The number of ether oxygens (including phenoxy) is 1. The number of benzene rings is 1. The molecule has 1 aromatic carbocycles. The van der Waals surface area contributed by atoms with Crippen LogP contribution < -0.4 is 5.73 Å². The highest BCUT2D eigenvalue weighted by molar-refractivity contribution is 5.74. The number of hydrogen-bond acceptors (Lipinski definition) is 4. The molecule has 4 N–H and O–H groups in total. The van der Waals surface area contributed by atoms with Gasteiger partial charge in [0.05, 0.1) is 0 Å². The van der Waals surface area contributed by atoms with Gasteiger partial charge in [0, 0.05) is 7.11 Å². The first-order valence-corrected chi connectivity index (χ1v) is 4.36. The average Bonchev–Trinajstić information content (AvgIpc) is 2.21. The molecule has 0 amide bonds. The van der Waals surface area contributed by atoms with Gasteiger partial charge in [0.15, 0.2) is 0 Å². The quantitative estimate of drug-likeness (QED) is 0.674. The van der Waals surface area contributed by atoms with Crippen LogP contribution >= 0.6 is 0 Å². The van der Waals surface area contributed by atoms with Crippen LogP contribution in [-0.2, 0) is 9.53 Å². The maximum absolute atomic E-state index is 10.7. The summed E-state index contributed by atoms with van der Waals surface area (Å²) in [5.41, 5.74) is 6.07. The van der Waals surface area contributed by atoms with E-state index in [0.717, 1.165) is 0 Å². The number of nitrogens with two attached hydrogens (primary N) is 1. The van der Waals surface area contributed by atoms with Gasteiger partial charge in [-0.05, 0) is 17.7 Å². The van der Waals surface area contributed by atoms with Gasteiger partial charge < -0.3 is 20.7 Å². The molecular formula is C10H13NO4. The van der Waals surface area contributed by atoms with Crippen molar-refractivity contribution >= 4 is 5.97 Å². The summed E-state index contributed by atoms with van der Waals surface area (Å²) in [5, 5.41) is 17.8. The molecule has 1 unspecified atom stereocenters. The Bertz CT molecular complexity index is 336. The fraction of sp³-hybridized carbons (Fsp3) is 0.300. The van der Waals surface area contributed by atoms with Gasteiger partial charge in [-0.1, -0.05) is 12.1 Å². The fourth-order valence-corrected chi connectivity index (χ4v) is 1.28. The predicted molar refractivity (Wildman–Crippen MR) is 53.5 cm³/mol. The zero-order chi connectivity index (χ0) is 11.4. The normalized spacial score (nSPS) is 14.5. The van der Waals surface area contributed by atoms with Crippen molar-refractivity contribution in [2.24, 2.45) is 5.73 Å². The largest absolute Gasteiger partial charge is 0.508 e. The van der Waals surface area contributed by atoms with Crippen LogP contribution in [0.3, 0.4) is 0 Å². The number of phenols is 1. The van der Waals surface area contributed by atoms with Crippen LogP contribution in [0.1, 0.15) is 11.7 Å². The first kappa shape index (κ1) is 11.5. The maximum atomic E-state index is 10.7. The topological polar surface area (TPSA) is 92.8 Å². The van der Waals surface area contributed by atoms with Gasteiger partial charge in [0.25, 0.3) is 0 Å². The first-order valence-electron chi connectivity index (χ1n) is 4.36. The van der Waals surface area contributed by atoms with E-state index in [1.165, 1.54) is 19.2 Å². The highest BCUT2D eigenvalue weighted by atomic mass is 16.5. The van der Waals surface area contributed by atoms with Crippen molar-refractivity contribution in [3.63, 3.8) is 0 Å². The lowest BCUT2D eigenvalue weighted by molar-refractivity contribution is -0.142. The summed E-state index contributed by atoms with van der Waals surface area (Å²) < 4.78 is 5.01. The third-order valence-corrected chi connectivity index (χ3v) is 2.09. The van der Waals surface area contributed by atoms with Gasteiger partial charge >= 0.3 is 5.97 Å². The molecule has 0 bridgehead atoms. The molecule has 15 heavy (non-hydrogen) atoms. The molecule has 0 saturated carbocycles. The van der Waals surface area contributed by atoms with E-state index in [0.29, 0.717) is 5.56 Å². The molecule has 5 nitrogen and oxygen atoms in total. The highest BCUT2D eigenvalue weighted by Gasteiger charge is 2.25. The summed E-state index contributed by atoms with van der Waals surface area (Å²) in [5.74, 6) is -1.02. The third kappa shape index (κ3) is 2.68. The van der Waals surface area contributed by atoms with E-state index in [4.69, 9.17) is 20.7 Å². The Hall–Kier alpha value is -1.59. The molecular weight excluding hydrogens is 198 g/mol. The Morgan fingerprint density at radius 3 is 2.33 bits per heavy atom. The number of carbonyl (C=O) groups is 1. The van der Waals surface area contributed by atoms with Crippen molar-refractivity contribution in [1.29, 1.82) is 0 Å². The van der Waals surface area contributed by atoms with Crippen LogP contribution in [0.5, 0.6) is 5.75 Å². The molecule has 1 aromatic rings. The monoisotopic (exact) mass is 211 g/mol. The van der Waals surface area contributed by atoms with Crippen molar-refractivity contribution in [1.82, 2.24) is 0 Å². The summed E-state index contributed by atoms with van der Waals surface area (Å²) in [6.07, 6.45) is -0.719. The summed E-state index contributed by atoms with van der Waals surface area (Å²) in [6.45, 7) is 0. The van der Waals surface area contributed by atoms with E-state index in [1.54, 1.807) is 12.1 Å². The van der Waals surface area contributed by atoms with E-state index in [-0.39, 0.29) is 5.75 Å². The molecule has 0 radical (unpaired) electrons. The SMILES string of the molecule is COC(c1ccc(O)cc1)[C@@H](N)C(=O)O. The van der Waals surface area contributed by atoms with Gasteiger partial charge in [-0.3, -0.25) is 4.79 Å². The average molecular weight is 211 g/mol. The van der Waals surface area contributed by atoms with E-state index >= 15 is 0 Å². The fourth-order valence-electron chi connectivity index (χ4n) is 1.28. The van der Waals surface area contributed by atoms with E-state index < -0.39 is 18.1 Å². The molecule has 0 aliphatic rings. The van der Waals surface area contributed by atoms with Crippen LogP contribution in [-0.4, -0.2) is 29.3 Å². The molecule has 0 fully saturated rings. The number of aliphatic carboxylic acids is 1. The van der Waals surface area contributed by atoms with E-state index in [2.05, 4.69) is 0 Å². The molecule has 0 aliphatic heterocycles. The van der Waals surface area contributed by atoms with Gasteiger partial charge in [0.2, 0.25) is 0 Å². The summed E-state index contributed by atoms with van der Waals surface area (Å²) in [7, 11) is 1.39. The number of carboxylic acid groups (broad SMARTS) is 1. The van der Waals surface area contributed by atoms with Crippen LogP contribution in [0.15, 0.2) is 24.3 Å². The minimum atomic E-state index is -1.13. The lowest BCUT2D eigenvalue weighted by Crippen LogP contribution is -2.37. The second-order valence-corrected chi connectivity index (χ2v) is 3.11. The molecule has 0 spiro atoms. The van der Waals surface area contributed by atoms with Crippen molar-refractivity contribution in [2.75, 3.05) is 7.11 Å². The minimum absolute atomic E-state index is 0.109. The van der Waals surface area contributed by atoms with E-state index in [1.807, 2.05) is 0 Å². The second-order valence-electron chi connectivity index (χ2n) is 3.11. The summed E-state index contributed by atoms with van der Waals surface area (Å²) in [4.78, 5) is 10.7. The molecule has 5 heteroatoms. The van der Waals surface area contributed by atoms with Crippen LogP contribution in [0.4, 0.5) is 0 Å². The number of methoxy groups -OCH3 is 1. The third-order valence-electron chi connectivity index (χ3n) is 2.09. The Labute approximate surface area is 87.1 Å². The maximum Gasteiger partial charge on any atom is 0.323 e. The molecule has 0 aromatic heterocycles. The summed E-state index contributed by atoms with van der Waals surface area (Å²) >= 11 is 0. The van der Waals surface area contributed by atoms with Crippen LogP contribution in [0, 0.1) is 0 Å². The Kier molecular flexibility index (Phi) is 3.65. The smallest absolute Gasteiger partial charge is 0.323 e. The van der Waals surface area contributed by atoms with Crippen LogP contribution in [0.2, 0.25) is 0 Å². The van der Waals surface area contributed by atoms with Crippen molar-refractivity contribution < 1.29 is 19.7 Å². The lowest BCUT2D eigenvalue weighted by Gasteiger charge is -2.19. The Balaban J connectivity index is 2.92. The molecule has 0 heterocycles. The van der Waals surface area contributed by atoms with Gasteiger partial charge in [-0.25, -0.2) is 0 Å². The molecule has 0 saturated heterocycles. The number of hydrogen-bond donors (Lipinski definition) is 3. The lowest BCUT2D eigenvalue weighted by atomic mass is 10.0. The Morgan fingerprint density at radius 1 is 1.40 bits per heavy atom.